The number of nitrogens with zero attached hydrogens (tertiary/aromatic N) is 2. The second-order valence-electron chi connectivity index (χ2n) is 7.05. The molecule has 0 bridgehead atoms. The predicted molar refractivity (Wildman–Crippen MR) is 103 cm³/mol. The summed E-state index contributed by atoms with van der Waals surface area (Å²) in [7, 11) is 0. The highest BCUT2D eigenvalue weighted by Gasteiger charge is 2.49. The first kappa shape index (κ1) is 20.3. The third-order valence-electron chi connectivity index (χ3n) is 4.79. The lowest BCUT2D eigenvalue weighted by atomic mass is 9.92. The molecule has 1 heterocycles. The van der Waals surface area contributed by atoms with Crippen molar-refractivity contribution in [2.24, 2.45) is 0 Å². The van der Waals surface area contributed by atoms with Crippen LogP contribution in [0.3, 0.4) is 0 Å². The molecule has 0 spiro atoms. The van der Waals surface area contributed by atoms with E-state index in [-0.39, 0.29) is 18.8 Å². The average molecular weight is 399 g/mol. The Morgan fingerprint density at radius 1 is 1.17 bits per heavy atom. The van der Waals surface area contributed by atoms with E-state index in [1.165, 1.54) is 31.2 Å². The quantitative estimate of drug-likeness (QED) is 0.418. The number of nitro benzene ring substituents is 1. The Kier molecular flexibility index (Phi) is 5.51. The zero-order valence-corrected chi connectivity index (χ0v) is 16.0. The van der Waals surface area contributed by atoms with Crippen molar-refractivity contribution in [1.29, 1.82) is 0 Å². The fourth-order valence-electron chi connectivity index (χ4n) is 3.07. The first-order valence-corrected chi connectivity index (χ1v) is 8.97. The van der Waals surface area contributed by atoms with Gasteiger partial charge in [0.25, 0.3) is 11.6 Å². The van der Waals surface area contributed by atoms with Crippen LogP contribution in [0, 0.1) is 17.0 Å². The number of ether oxygens (including phenoxy) is 1. The summed E-state index contributed by atoms with van der Waals surface area (Å²) in [5.74, 6) is 0.0216. The first-order valence-electron chi connectivity index (χ1n) is 8.97. The molecular weight excluding hydrogens is 378 g/mol. The first-order chi connectivity index (χ1) is 13.7. The van der Waals surface area contributed by atoms with Crippen molar-refractivity contribution in [3.05, 3.63) is 69.8 Å². The zero-order chi connectivity index (χ0) is 21.2. The summed E-state index contributed by atoms with van der Waals surface area (Å²) in [4.78, 5) is 36.4. The number of hydrogen-bond acceptors (Lipinski definition) is 6. The molecule has 2 aromatic carbocycles. The number of nitro groups is 1. The number of non-ortho nitro benzene ring substituents is 1. The molecule has 3 amide bonds. The molecule has 0 unspecified atom stereocenters. The fraction of sp³-hybridized carbons (Fsp3) is 0.300. The molecule has 0 saturated carbocycles. The maximum absolute atomic E-state index is 12.9. The number of aliphatic hydroxyl groups is 1. The minimum Gasteiger partial charge on any atom is -0.491 e. The van der Waals surface area contributed by atoms with Crippen LogP contribution in [0.1, 0.15) is 18.1 Å². The molecule has 0 aliphatic carbocycles. The zero-order valence-electron chi connectivity index (χ0n) is 16.0. The number of urea groups is 1. The number of benzene rings is 2. The summed E-state index contributed by atoms with van der Waals surface area (Å²) in [6.07, 6.45) is -1.08. The molecule has 2 aromatic rings. The van der Waals surface area contributed by atoms with Crippen LogP contribution in [-0.2, 0) is 10.3 Å². The third kappa shape index (κ3) is 4.19. The summed E-state index contributed by atoms with van der Waals surface area (Å²) in [5, 5.41) is 23.6. The number of hydrogen-bond donors (Lipinski definition) is 2. The Bertz CT molecular complexity index is 928. The number of carbonyl (C=O) groups excluding carboxylic acids is 2. The topological polar surface area (TPSA) is 122 Å². The molecule has 1 aliphatic rings. The van der Waals surface area contributed by atoms with Crippen LogP contribution in [0.2, 0.25) is 0 Å². The van der Waals surface area contributed by atoms with Gasteiger partial charge in [-0.2, -0.15) is 0 Å². The number of aliphatic hydroxyl groups excluding tert-OH is 1. The molecule has 9 nitrogen and oxygen atoms in total. The van der Waals surface area contributed by atoms with Gasteiger partial charge in [0.2, 0.25) is 0 Å². The van der Waals surface area contributed by atoms with Gasteiger partial charge in [0.15, 0.2) is 0 Å². The Morgan fingerprint density at radius 2 is 1.79 bits per heavy atom. The molecule has 0 radical (unpaired) electrons. The van der Waals surface area contributed by atoms with E-state index in [9.17, 15) is 24.8 Å². The van der Waals surface area contributed by atoms with Crippen LogP contribution < -0.4 is 10.1 Å². The van der Waals surface area contributed by atoms with Crippen molar-refractivity contribution in [3.63, 3.8) is 0 Å². The van der Waals surface area contributed by atoms with Crippen molar-refractivity contribution in [3.8, 4) is 5.75 Å². The van der Waals surface area contributed by atoms with E-state index in [1.807, 2.05) is 19.1 Å². The van der Waals surface area contributed by atoms with Gasteiger partial charge in [-0.25, -0.2) is 4.79 Å². The number of β-amino-alcohol motifs (C(OH)–C–C–N with tert-alkyl or cyclic N) is 1. The Hall–Kier alpha value is -3.46. The van der Waals surface area contributed by atoms with Crippen LogP contribution in [-0.4, -0.2) is 46.1 Å². The van der Waals surface area contributed by atoms with E-state index in [4.69, 9.17) is 4.74 Å². The van der Waals surface area contributed by atoms with Gasteiger partial charge in [-0.05, 0) is 43.7 Å². The fourth-order valence-corrected chi connectivity index (χ4v) is 3.07. The van der Waals surface area contributed by atoms with Gasteiger partial charge in [-0.1, -0.05) is 17.7 Å². The van der Waals surface area contributed by atoms with Crippen molar-refractivity contribution in [2.45, 2.75) is 25.5 Å². The minimum atomic E-state index is -1.37. The van der Waals surface area contributed by atoms with Gasteiger partial charge in [0.05, 0.1) is 11.5 Å². The number of rotatable bonds is 7. The number of amides is 3. The molecule has 1 fully saturated rings. The molecule has 9 heteroatoms. The Balaban J connectivity index is 1.66. The second-order valence-corrected chi connectivity index (χ2v) is 7.05. The highest BCUT2D eigenvalue weighted by atomic mass is 16.6. The van der Waals surface area contributed by atoms with Crippen molar-refractivity contribution in [2.75, 3.05) is 13.2 Å². The normalized spacial score (nSPS) is 19.8. The van der Waals surface area contributed by atoms with Crippen molar-refractivity contribution >= 4 is 17.6 Å². The van der Waals surface area contributed by atoms with E-state index in [0.29, 0.717) is 11.3 Å². The van der Waals surface area contributed by atoms with Crippen molar-refractivity contribution in [1.82, 2.24) is 10.2 Å². The largest absolute Gasteiger partial charge is 0.491 e. The van der Waals surface area contributed by atoms with Gasteiger partial charge >= 0.3 is 6.03 Å². The van der Waals surface area contributed by atoms with E-state index in [2.05, 4.69) is 5.32 Å². The summed E-state index contributed by atoms with van der Waals surface area (Å²) >= 11 is 0. The molecule has 1 aliphatic heterocycles. The predicted octanol–water partition coefficient (Wildman–Crippen LogP) is 2.11. The molecule has 0 aromatic heterocycles. The molecular formula is C20H21N3O6. The standard InChI is InChI=1S/C20H21N3O6/c1-13-3-9-17(10-4-13)29-12-16(24)11-22-18(25)20(2,21-19(22)26)14-5-7-15(8-6-14)23(27)28/h3-10,16,24H,11-12H2,1-2H3,(H,21,26)/t16-,20+/m1/s1. The molecule has 2 atom stereocenters. The Morgan fingerprint density at radius 3 is 2.38 bits per heavy atom. The van der Waals surface area contributed by atoms with Crippen molar-refractivity contribution < 1.29 is 24.4 Å². The molecule has 152 valence electrons. The smallest absolute Gasteiger partial charge is 0.325 e. The van der Waals surface area contributed by atoms with E-state index >= 15 is 0 Å². The lowest BCUT2D eigenvalue weighted by Crippen LogP contribution is -2.42. The van der Waals surface area contributed by atoms with Crippen LogP contribution in [0.15, 0.2) is 48.5 Å². The molecule has 2 N–H and O–H groups in total. The molecule has 1 saturated heterocycles. The van der Waals surface area contributed by atoms with Gasteiger partial charge in [0.1, 0.15) is 24.0 Å². The summed E-state index contributed by atoms with van der Waals surface area (Å²) in [6, 6.07) is 12.0. The Labute approximate surface area is 167 Å². The highest BCUT2D eigenvalue weighted by molar-refractivity contribution is 6.07. The van der Waals surface area contributed by atoms with E-state index in [1.54, 1.807) is 12.1 Å². The van der Waals surface area contributed by atoms with Gasteiger partial charge in [0, 0.05) is 12.1 Å². The summed E-state index contributed by atoms with van der Waals surface area (Å²) in [5.41, 5.74) is -0.00391. The van der Waals surface area contributed by atoms with Gasteiger partial charge in [-0.15, -0.1) is 0 Å². The number of aryl methyl sites for hydroxylation is 1. The second kappa shape index (κ2) is 7.88. The lowest BCUT2D eigenvalue weighted by molar-refractivity contribution is -0.384. The number of imide groups is 1. The van der Waals surface area contributed by atoms with Crippen LogP contribution in [0.4, 0.5) is 10.5 Å². The maximum atomic E-state index is 12.9. The van der Waals surface area contributed by atoms with E-state index < -0.39 is 28.5 Å². The van der Waals surface area contributed by atoms with Gasteiger partial charge < -0.3 is 15.2 Å². The summed E-state index contributed by atoms with van der Waals surface area (Å²) < 4.78 is 5.49. The van der Waals surface area contributed by atoms with Gasteiger partial charge in [-0.3, -0.25) is 19.8 Å². The number of carbonyl (C=O) groups is 2. The molecule has 3 rings (SSSR count). The minimum absolute atomic E-state index is 0.0889. The third-order valence-corrected chi connectivity index (χ3v) is 4.79. The highest BCUT2D eigenvalue weighted by Crippen LogP contribution is 2.30. The van der Waals surface area contributed by atoms with Crippen LogP contribution >= 0.6 is 0 Å². The molecule has 29 heavy (non-hydrogen) atoms. The number of nitrogens with one attached hydrogen (secondary N) is 1. The van der Waals surface area contributed by atoms with Crippen LogP contribution in [0.5, 0.6) is 5.75 Å². The van der Waals surface area contributed by atoms with E-state index in [0.717, 1.165) is 10.5 Å². The SMILES string of the molecule is Cc1ccc(OC[C@H](O)CN2C(=O)N[C@@](C)(c3ccc([N+](=O)[O-])cc3)C2=O)cc1. The summed E-state index contributed by atoms with van der Waals surface area (Å²) in [6.45, 7) is 3.13. The van der Waals surface area contributed by atoms with Crippen LogP contribution in [0.25, 0.3) is 0 Å². The lowest BCUT2D eigenvalue weighted by Gasteiger charge is -2.23. The average Bonchev–Trinajstić information content (AvgIpc) is 2.91. The maximum Gasteiger partial charge on any atom is 0.325 e. The monoisotopic (exact) mass is 399 g/mol.